The molecule has 4 heterocycles. The number of nitrogens with zero attached hydrogens (tertiary/aromatic N) is 3. The van der Waals surface area contributed by atoms with Crippen LogP contribution in [0.1, 0.15) is 34.5 Å². The molecule has 3 aromatic heterocycles. The lowest BCUT2D eigenvalue weighted by Gasteiger charge is -2.26. The zero-order chi connectivity index (χ0) is 26.8. The van der Waals surface area contributed by atoms with E-state index in [1.165, 1.54) is 11.8 Å². The Morgan fingerprint density at radius 1 is 1.10 bits per heavy atom. The Hall–Kier alpha value is -4.47. The number of amides is 1. The number of hydrogen-bond donors (Lipinski definition) is 3. The van der Waals surface area contributed by atoms with Crippen LogP contribution in [0.3, 0.4) is 0 Å². The third-order valence-corrected chi connectivity index (χ3v) is 7.19. The van der Waals surface area contributed by atoms with Crippen molar-refractivity contribution in [2.45, 2.75) is 19.5 Å². The van der Waals surface area contributed by atoms with Crippen molar-refractivity contribution >= 4 is 22.5 Å². The first-order chi connectivity index (χ1) is 19.0. The van der Waals surface area contributed by atoms with E-state index in [9.17, 15) is 9.59 Å². The number of fused-ring (bicyclic) bond motifs is 1. The van der Waals surface area contributed by atoms with Crippen molar-refractivity contribution in [3.05, 3.63) is 106 Å². The van der Waals surface area contributed by atoms with Gasteiger partial charge in [-0.15, -0.1) is 0 Å². The van der Waals surface area contributed by atoms with Crippen LogP contribution in [0.2, 0.25) is 0 Å². The van der Waals surface area contributed by atoms with Crippen molar-refractivity contribution in [3.63, 3.8) is 0 Å². The highest BCUT2D eigenvalue weighted by Crippen LogP contribution is 2.25. The van der Waals surface area contributed by atoms with Crippen molar-refractivity contribution in [2.75, 3.05) is 31.6 Å². The summed E-state index contributed by atoms with van der Waals surface area (Å²) >= 11 is 0. The molecule has 1 atom stereocenters. The van der Waals surface area contributed by atoms with Crippen LogP contribution in [-0.2, 0) is 11.3 Å². The fraction of sp³-hybridized carbons (Fsp3) is 0.233. The second-order valence-electron chi connectivity index (χ2n) is 9.87. The van der Waals surface area contributed by atoms with Gasteiger partial charge in [0.05, 0.1) is 48.0 Å². The molecule has 9 heteroatoms. The monoisotopic (exact) mass is 522 g/mol. The molecule has 1 saturated heterocycles. The summed E-state index contributed by atoms with van der Waals surface area (Å²) in [6, 6.07) is 19.9. The van der Waals surface area contributed by atoms with Crippen LogP contribution in [0, 0.1) is 0 Å². The van der Waals surface area contributed by atoms with Crippen molar-refractivity contribution in [1.82, 2.24) is 24.6 Å². The zero-order valence-corrected chi connectivity index (χ0v) is 21.7. The summed E-state index contributed by atoms with van der Waals surface area (Å²) in [4.78, 5) is 34.2. The molecule has 198 valence electrons. The Bertz CT molecular complexity index is 1660. The molecule has 0 bridgehead atoms. The van der Waals surface area contributed by atoms with Crippen LogP contribution in [0.25, 0.3) is 22.2 Å². The first-order valence-electron chi connectivity index (χ1n) is 13.1. The lowest BCUT2D eigenvalue weighted by atomic mass is 10.1. The van der Waals surface area contributed by atoms with Crippen molar-refractivity contribution in [2.24, 2.45) is 0 Å². The number of benzene rings is 2. The van der Waals surface area contributed by atoms with Crippen molar-refractivity contribution in [1.29, 1.82) is 0 Å². The van der Waals surface area contributed by atoms with E-state index in [4.69, 9.17) is 4.74 Å². The number of H-pyrrole nitrogens is 2. The summed E-state index contributed by atoms with van der Waals surface area (Å²) in [6.45, 7) is 6.28. The van der Waals surface area contributed by atoms with E-state index >= 15 is 0 Å². The minimum atomic E-state index is -0.302. The predicted octanol–water partition coefficient (Wildman–Crippen LogP) is 4.41. The maximum Gasteiger partial charge on any atom is 0.258 e. The first-order valence-corrected chi connectivity index (χ1v) is 13.1. The molecule has 0 saturated carbocycles. The highest BCUT2D eigenvalue weighted by molar-refractivity contribution is 6.04. The zero-order valence-electron chi connectivity index (χ0n) is 21.7. The summed E-state index contributed by atoms with van der Waals surface area (Å²) < 4.78 is 7.21. The number of anilines is 1. The molecule has 3 N–H and O–H groups in total. The number of pyridine rings is 1. The average Bonchev–Trinajstić information content (AvgIpc) is 3.62. The van der Waals surface area contributed by atoms with Gasteiger partial charge >= 0.3 is 0 Å². The number of ether oxygens (including phenoxy) is 1. The van der Waals surface area contributed by atoms with Gasteiger partial charge < -0.3 is 20.0 Å². The van der Waals surface area contributed by atoms with Crippen LogP contribution in [0.4, 0.5) is 5.69 Å². The van der Waals surface area contributed by atoms with Crippen LogP contribution in [0.15, 0.2) is 84.0 Å². The second-order valence-corrected chi connectivity index (χ2v) is 9.87. The standard InChI is InChI=1S/C30H30N6O3/c1-20(22-5-3-2-4-6-22)36-19-24(16-32-36)29(37)33-25-15-26(30(38)31-17-25)28-14-23-13-21(7-8-27(23)34-28)18-35-9-11-39-12-10-35/h2-8,13-17,19-20,34H,9-12,18H2,1H3,(H,31,38)(H,33,37). The van der Waals surface area contributed by atoms with Gasteiger partial charge in [-0.05, 0) is 42.3 Å². The van der Waals surface area contributed by atoms with Gasteiger partial charge in [-0.2, -0.15) is 5.10 Å². The Balaban J connectivity index is 1.19. The van der Waals surface area contributed by atoms with E-state index in [-0.39, 0.29) is 17.5 Å². The molecular weight excluding hydrogens is 492 g/mol. The van der Waals surface area contributed by atoms with Crippen LogP contribution >= 0.6 is 0 Å². The molecule has 39 heavy (non-hydrogen) atoms. The average molecular weight is 523 g/mol. The van der Waals surface area contributed by atoms with E-state index in [2.05, 4.69) is 37.4 Å². The molecule has 0 radical (unpaired) electrons. The normalized spacial score (nSPS) is 14.9. The Morgan fingerprint density at radius 3 is 2.74 bits per heavy atom. The lowest BCUT2D eigenvalue weighted by Crippen LogP contribution is -2.35. The SMILES string of the molecule is CC(c1ccccc1)n1cc(C(=O)Nc2c[nH]c(=O)c(-c3cc4cc(CN5CCOCC5)ccc4[nH]3)c2)cn1. The molecule has 0 spiro atoms. The number of aromatic amines is 2. The lowest BCUT2D eigenvalue weighted by molar-refractivity contribution is 0.0342. The largest absolute Gasteiger partial charge is 0.379 e. The minimum Gasteiger partial charge on any atom is -0.379 e. The summed E-state index contributed by atoms with van der Waals surface area (Å²) in [7, 11) is 0. The van der Waals surface area contributed by atoms with E-state index in [1.807, 2.05) is 49.4 Å². The quantitative estimate of drug-likeness (QED) is 0.293. The van der Waals surface area contributed by atoms with Gasteiger partial charge in [-0.1, -0.05) is 36.4 Å². The number of nitrogens with one attached hydrogen (secondary N) is 3. The van der Waals surface area contributed by atoms with Crippen LogP contribution in [0.5, 0.6) is 0 Å². The molecular formula is C30H30N6O3. The third-order valence-electron chi connectivity index (χ3n) is 7.19. The number of carbonyl (C=O) groups is 1. The molecule has 1 aliphatic rings. The molecule has 6 rings (SSSR count). The number of aromatic nitrogens is 4. The molecule has 9 nitrogen and oxygen atoms in total. The van der Waals surface area contributed by atoms with Gasteiger partial charge in [0.25, 0.3) is 11.5 Å². The summed E-state index contributed by atoms with van der Waals surface area (Å²) in [6.07, 6.45) is 4.78. The molecule has 1 aliphatic heterocycles. The number of morpholine rings is 1. The van der Waals surface area contributed by atoms with Crippen molar-refractivity contribution in [3.8, 4) is 11.3 Å². The van der Waals surface area contributed by atoms with Gasteiger partial charge in [-0.25, -0.2) is 0 Å². The molecule has 1 amide bonds. The Kier molecular flexibility index (Phi) is 6.83. The van der Waals surface area contributed by atoms with E-state index < -0.39 is 0 Å². The maximum absolute atomic E-state index is 13.0. The smallest absolute Gasteiger partial charge is 0.258 e. The number of rotatable bonds is 7. The molecule has 5 aromatic rings. The fourth-order valence-corrected chi connectivity index (χ4v) is 4.95. The van der Waals surface area contributed by atoms with Gasteiger partial charge in [0, 0.05) is 42.9 Å². The highest BCUT2D eigenvalue weighted by atomic mass is 16.5. The van der Waals surface area contributed by atoms with E-state index in [1.54, 1.807) is 23.1 Å². The first kappa shape index (κ1) is 24.8. The Labute approximate surface area is 225 Å². The van der Waals surface area contributed by atoms with Crippen LogP contribution in [-0.4, -0.2) is 56.9 Å². The number of carbonyl (C=O) groups excluding carboxylic acids is 1. The second kappa shape index (κ2) is 10.7. The highest BCUT2D eigenvalue weighted by Gasteiger charge is 2.16. The Morgan fingerprint density at radius 2 is 1.92 bits per heavy atom. The summed E-state index contributed by atoms with van der Waals surface area (Å²) in [5.74, 6) is -0.302. The molecule has 1 fully saturated rings. The molecule has 2 aromatic carbocycles. The van der Waals surface area contributed by atoms with Gasteiger partial charge in [-0.3, -0.25) is 19.2 Å². The van der Waals surface area contributed by atoms with E-state index in [0.29, 0.717) is 22.5 Å². The molecule has 0 aliphatic carbocycles. The van der Waals surface area contributed by atoms with Crippen LogP contribution < -0.4 is 10.9 Å². The summed E-state index contributed by atoms with van der Waals surface area (Å²) in [5, 5.41) is 8.30. The maximum atomic E-state index is 13.0. The van der Waals surface area contributed by atoms with E-state index in [0.717, 1.165) is 49.3 Å². The molecule has 1 unspecified atom stereocenters. The number of hydrogen-bond acceptors (Lipinski definition) is 5. The van der Waals surface area contributed by atoms with Gasteiger partial charge in [0.15, 0.2) is 0 Å². The minimum absolute atomic E-state index is 0.0103. The van der Waals surface area contributed by atoms with Gasteiger partial charge in [0.2, 0.25) is 0 Å². The van der Waals surface area contributed by atoms with Gasteiger partial charge in [0.1, 0.15) is 0 Å². The predicted molar refractivity (Wildman–Crippen MR) is 151 cm³/mol. The van der Waals surface area contributed by atoms with Crippen molar-refractivity contribution < 1.29 is 9.53 Å². The fourth-order valence-electron chi connectivity index (χ4n) is 4.95. The topological polar surface area (TPSA) is 108 Å². The summed E-state index contributed by atoms with van der Waals surface area (Å²) in [5.41, 5.74) is 5.09. The third kappa shape index (κ3) is 5.41.